The van der Waals surface area contributed by atoms with E-state index in [0.29, 0.717) is 6.61 Å². The summed E-state index contributed by atoms with van der Waals surface area (Å²) in [6.07, 6.45) is 3.83. The van der Waals surface area contributed by atoms with Gasteiger partial charge >= 0.3 is 0 Å². The van der Waals surface area contributed by atoms with Crippen molar-refractivity contribution in [2.75, 3.05) is 13.2 Å². The number of nitrogens with one attached hydrogen (secondary N) is 1. The maximum absolute atomic E-state index is 5.97. The fourth-order valence-corrected chi connectivity index (χ4v) is 2.30. The van der Waals surface area contributed by atoms with E-state index >= 15 is 0 Å². The fraction of sp³-hybridized carbons (Fsp3) is 0.471. The first kappa shape index (κ1) is 15.6. The van der Waals surface area contributed by atoms with Crippen LogP contribution in [-0.4, -0.2) is 22.9 Å². The molecular formula is C17H25N3O. The summed E-state index contributed by atoms with van der Waals surface area (Å²) in [5, 5.41) is 7.61. The van der Waals surface area contributed by atoms with Crippen LogP contribution in [0.15, 0.2) is 30.5 Å². The number of aromatic nitrogens is 2. The zero-order valence-electron chi connectivity index (χ0n) is 13.2. The lowest BCUT2D eigenvalue weighted by Gasteiger charge is -2.13. The molecule has 0 bridgehead atoms. The third kappa shape index (κ3) is 4.60. The molecule has 0 saturated carbocycles. The number of ether oxygens (including phenoxy) is 1. The maximum Gasteiger partial charge on any atom is 0.123 e. The number of aryl methyl sites for hydroxylation is 2. The normalized spacial score (nSPS) is 10.8. The largest absolute Gasteiger partial charge is 0.493 e. The van der Waals surface area contributed by atoms with Gasteiger partial charge < -0.3 is 10.1 Å². The van der Waals surface area contributed by atoms with E-state index in [1.807, 2.05) is 24.0 Å². The Labute approximate surface area is 127 Å². The van der Waals surface area contributed by atoms with Crippen molar-refractivity contribution in [3.63, 3.8) is 0 Å². The highest BCUT2D eigenvalue weighted by molar-refractivity contribution is 5.36. The van der Waals surface area contributed by atoms with Crippen molar-refractivity contribution in [3.05, 3.63) is 47.3 Å². The third-order valence-corrected chi connectivity index (χ3v) is 3.50. The van der Waals surface area contributed by atoms with Crippen LogP contribution in [0.25, 0.3) is 0 Å². The molecule has 4 heteroatoms. The maximum atomic E-state index is 5.97. The highest BCUT2D eigenvalue weighted by Crippen LogP contribution is 2.20. The molecular weight excluding hydrogens is 262 g/mol. The minimum absolute atomic E-state index is 0.670. The lowest BCUT2D eigenvalue weighted by atomic mass is 10.1. The van der Waals surface area contributed by atoms with Gasteiger partial charge in [0.15, 0.2) is 0 Å². The predicted octanol–water partition coefficient (Wildman–Crippen LogP) is 2.85. The predicted molar refractivity (Wildman–Crippen MR) is 85.6 cm³/mol. The molecule has 0 fully saturated rings. The van der Waals surface area contributed by atoms with Crippen molar-refractivity contribution in [2.24, 2.45) is 7.05 Å². The Morgan fingerprint density at radius 3 is 2.86 bits per heavy atom. The van der Waals surface area contributed by atoms with Gasteiger partial charge in [-0.05, 0) is 32.0 Å². The van der Waals surface area contributed by atoms with E-state index in [1.54, 1.807) is 0 Å². The first-order valence-corrected chi connectivity index (χ1v) is 7.60. The van der Waals surface area contributed by atoms with Crippen molar-refractivity contribution in [2.45, 2.75) is 33.2 Å². The third-order valence-electron chi connectivity index (χ3n) is 3.50. The van der Waals surface area contributed by atoms with Crippen molar-refractivity contribution < 1.29 is 4.74 Å². The van der Waals surface area contributed by atoms with Crippen LogP contribution in [0.1, 0.15) is 30.2 Å². The first-order valence-electron chi connectivity index (χ1n) is 7.60. The van der Waals surface area contributed by atoms with Crippen LogP contribution in [0.2, 0.25) is 0 Å². The molecule has 4 nitrogen and oxygen atoms in total. The molecule has 0 atom stereocenters. The van der Waals surface area contributed by atoms with E-state index in [9.17, 15) is 0 Å². The van der Waals surface area contributed by atoms with E-state index in [0.717, 1.165) is 31.7 Å². The quantitative estimate of drug-likeness (QED) is 0.759. The van der Waals surface area contributed by atoms with Crippen LogP contribution >= 0.6 is 0 Å². The van der Waals surface area contributed by atoms with Crippen molar-refractivity contribution in [1.82, 2.24) is 15.1 Å². The van der Waals surface area contributed by atoms with E-state index in [2.05, 4.69) is 42.5 Å². The smallest absolute Gasteiger partial charge is 0.123 e. The van der Waals surface area contributed by atoms with Gasteiger partial charge in [0, 0.05) is 37.5 Å². The summed E-state index contributed by atoms with van der Waals surface area (Å²) < 4.78 is 7.86. The van der Waals surface area contributed by atoms with Crippen LogP contribution in [0.5, 0.6) is 5.75 Å². The average molecular weight is 287 g/mol. The minimum atomic E-state index is 0.670. The standard InChI is InChI=1S/C17H25N3O/c1-4-9-18-13-15-12-14(2)5-6-17(15)21-11-8-16-7-10-19-20(16)3/h5-7,10,12,18H,4,8-9,11,13H2,1-3H3. The van der Waals surface area contributed by atoms with E-state index in [1.165, 1.54) is 16.8 Å². The molecule has 0 saturated heterocycles. The molecule has 0 amide bonds. The Balaban J connectivity index is 1.93. The molecule has 1 heterocycles. The first-order chi connectivity index (χ1) is 10.2. The lowest BCUT2D eigenvalue weighted by Crippen LogP contribution is -2.15. The van der Waals surface area contributed by atoms with Crippen molar-refractivity contribution >= 4 is 0 Å². The summed E-state index contributed by atoms with van der Waals surface area (Å²) in [6, 6.07) is 8.40. The second-order valence-electron chi connectivity index (χ2n) is 5.33. The van der Waals surface area contributed by atoms with Gasteiger partial charge in [0.2, 0.25) is 0 Å². The summed E-state index contributed by atoms with van der Waals surface area (Å²) >= 11 is 0. The van der Waals surface area contributed by atoms with Crippen LogP contribution in [0.4, 0.5) is 0 Å². The summed E-state index contributed by atoms with van der Waals surface area (Å²) in [7, 11) is 1.96. The summed E-state index contributed by atoms with van der Waals surface area (Å²) in [6.45, 7) is 6.85. The molecule has 0 spiro atoms. The Morgan fingerprint density at radius 1 is 1.29 bits per heavy atom. The van der Waals surface area contributed by atoms with Gasteiger partial charge in [-0.15, -0.1) is 0 Å². The topological polar surface area (TPSA) is 39.1 Å². The molecule has 0 aliphatic heterocycles. The Hall–Kier alpha value is -1.81. The molecule has 114 valence electrons. The van der Waals surface area contributed by atoms with Gasteiger partial charge in [0.25, 0.3) is 0 Å². The van der Waals surface area contributed by atoms with Gasteiger partial charge in [-0.25, -0.2) is 0 Å². The average Bonchev–Trinajstić information content (AvgIpc) is 2.87. The lowest BCUT2D eigenvalue weighted by molar-refractivity contribution is 0.314. The molecule has 0 unspecified atom stereocenters. The van der Waals surface area contributed by atoms with Crippen LogP contribution in [-0.2, 0) is 20.0 Å². The molecule has 2 aromatic rings. The second kappa shape index (κ2) is 7.84. The summed E-state index contributed by atoms with van der Waals surface area (Å²) in [4.78, 5) is 0. The highest BCUT2D eigenvalue weighted by atomic mass is 16.5. The second-order valence-corrected chi connectivity index (χ2v) is 5.33. The SMILES string of the molecule is CCCNCc1cc(C)ccc1OCCc1ccnn1C. The van der Waals surface area contributed by atoms with E-state index < -0.39 is 0 Å². The molecule has 1 aromatic heterocycles. The Morgan fingerprint density at radius 2 is 2.14 bits per heavy atom. The number of hydrogen-bond donors (Lipinski definition) is 1. The van der Waals surface area contributed by atoms with Gasteiger partial charge in [0.1, 0.15) is 5.75 Å². The molecule has 21 heavy (non-hydrogen) atoms. The number of rotatable bonds is 8. The van der Waals surface area contributed by atoms with E-state index in [4.69, 9.17) is 4.74 Å². The molecule has 1 aromatic carbocycles. The van der Waals surface area contributed by atoms with Gasteiger partial charge in [-0.2, -0.15) is 5.10 Å². The fourth-order valence-electron chi connectivity index (χ4n) is 2.30. The Kier molecular flexibility index (Phi) is 5.81. The molecule has 0 radical (unpaired) electrons. The zero-order chi connectivity index (χ0) is 15.1. The monoisotopic (exact) mass is 287 g/mol. The highest BCUT2D eigenvalue weighted by Gasteiger charge is 2.05. The Bertz CT molecular complexity index is 563. The summed E-state index contributed by atoms with van der Waals surface area (Å²) in [5.41, 5.74) is 3.68. The zero-order valence-corrected chi connectivity index (χ0v) is 13.2. The summed E-state index contributed by atoms with van der Waals surface area (Å²) in [5.74, 6) is 0.978. The van der Waals surface area contributed by atoms with E-state index in [-0.39, 0.29) is 0 Å². The van der Waals surface area contributed by atoms with Crippen molar-refractivity contribution in [1.29, 1.82) is 0 Å². The molecule has 1 N–H and O–H groups in total. The molecule has 0 aliphatic carbocycles. The molecule has 0 aliphatic rings. The van der Waals surface area contributed by atoms with Crippen LogP contribution < -0.4 is 10.1 Å². The van der Waals surface area contributed by atoms with Crippen LogP contribution in [0.3, 0.4) is 0 Å². The van der Waals surface area contributed by atoms with Gasteiger partial charge in [-0.3, -0.25) is 4.68 Å². The number of nitrogens with zero attached hydrogens (tertiary/aromatic N) is 2. The minimum Gasteiger partial charge on any atom is -0.493 e. The van der Waals surface area contributed by atoms with Crippen molar-refractivity contribution in [3.8, 4) is 5.75 Å². The van der Waals surface area contributed by atoms with Crippen LogP contribution in [0, 0.1) is 6.92 Å². The molecule has 2 rings (SSSR count). The number of hydrogen-bond acceptors (Lipinski definition) is 3. The van der Waals surface area contributed by atoms with Gasteiger partial charge in [-0.1, -0.05) is 24.6 Å². The number of benzene rings is 1. The van der Waals surface area contributed by atoms with Gasteiger partial charge in [0.05, 0.1) is 6.61 Å².